The average Bonchev–Trinajstić information content (AvgIpc) is 2.04. The molecule has 0 spiro atoms. The van der Waals surface area contributed by atoms with Crippen molar-refractivity contribution in [3.63, 3.8) is 0 Å². The third-order valence-electron chi connectivity index (χ3n) is 1.66. The number of rotatable bonds is 3. The van der Waals surface area contributed by atoms with Crippen LogP contribution in [0.1, 0.15) is 5.56 Å². The van der Waals surface area contributed by atoms with Gasteiger partial charge in [-0.1, -0.05) is 11.6 Å². The van der Waals surface area contributed by atoms with Crippen LogP contribution in [-0.4, -0.2) is 14.2 Å². The summed E-state index contributed by atoms with van der Waals surface area (Å²) in [6, 6.07) is 3.71. The van der Waals surface area contributed by atoms with Crippen molar-refractivity contribution in [2.45, 2.75) is 6.54 Å². The van der Waals surface area contributed by atoms with Crippen molar-refractivity contribution in [2.75, 3.05) is 14.2 Å². The predicted molar refractivity (Wildman–Crippen MR) is 58.5 cm³/mol. The molecule has 4 heteroatoms. The van der Waals surface area contributed by atoms with Crippen LogP contribution >= 0.6 is 27.5 Å². The van der Waals surface area contributed by atoms with E-state index in [9.17, 15) is 0 Å². The molecule has 0 saturated carbocycles. The Balaban J connectivity index is 3.13. The fourth-order valence-electron chi connectivity index (χ4n) is 1.16. The van der Waals surface area contributed by atoms with Crippen molar-refractivity contribution in [2.24, 2.45) is 0 Å². The molecule has 0 aliphatic carbocycles. The van der Waals surface area contributed by atoms with Crippen LogP contribution in [0.5, 0.6) is 5.75 Å². The molecule has 13 heavy (non-hydrogen) atoms. The SMILES string of the molecule is CNCc1cc(Cl)cc(Br)c1OC. The maximum absolute atomic E-state index is 5.90. The van der Waals surface area contributed by atoms with Gasteiger partial charge in [0.2, 0.25) is 0 Å². The first-order chi connectivity index (χ1) is 6.19. The number of nitrogens with one attached hydrogen (secondary N) is 1. The Kier molecular flexibility index (Phi) is 4.03. The van der Waals surface area contributed by atoms with Crippen molar-refractivity contribution in [1.82, 2.24) is 5.32 Å². The van der Waals surface area contributed by atoms with Crippen LogP contribution in [0.25, 0.3) is 0 Å². The summed E-state index contributed by atoms with van der Waals surface area (Å²) < 4.78 is 6.12. The Bertz CT molecular complexity index is 304. The van der Waals surface area contributed by atoms with Crippen molar-refractivity contribution < 1.29 is 4.74 Å². The lowest BCUT2D eigenvalue weighted by Gasteiger charge is -2.10. The quantitative estimate of drug-likeness (QED) is 0.906. The van der Waals surface area contributed by atoms with Gasteiger partial charge in [0, 0.05) is 17.1 Å². The molecule has 1 rings (SSSR count). The highest BCUT2D eigenvalue weighted by molar-refractivity contribution is 9.10. The summed E-state index contributed by atoms with van der Waals surface area (Å²) in [6.07, 6.45) is 0. The molecule has 0 bridgehead atoms. The van der Waals surface area contributed by atoms with Gasteiger partial charge >= 0.3 is 0 Å². The van der Waals surface area contributed by atoms with E-state index in [0.29, 0.717) is 5.02 Å². The highest BCUT2D eigenvalue weighted by Gasteiger charge is 2.07. The first kappa shape index (κ1) is 10.8. The number of hydrogen-bond donors (Lipinski definition) is 1. The average molecular weight is 265 g/mol. The van der Waals surface area contributed by atoms with E-state index in [-0.39, 0.29) is 0 Å². The van der Waals surface area contributed by atoms with Crippen molar-refractivity contribution in [3.05, 3.63) is 27.2 Å². The van der Waals surface area contributed by atoms with E-state index < -0.39 is 0 Å². The molecule has 0 heterocycles. The van der Waals surface area contributed by atoms with Crippen molar-refractivity contribution in [3.8, 4) is 5.75 Å². The van der Waals surface area contributed by atoms with Gasteiger partial charge in [0.25, 0.3) is 0 Å². The van der Waals surface area contributed by atoms with Crippen molar-refractivity contribution >= 4 is 27.5 Å². The zero-order valence-electron chi connectivity index (χ0n) is 7.53. The third-order valence-corrected chi connectivity index (χ3v) is 2.46. The molecule has 0 atom stereocenters. The molecule has 1 aromatic carbocycles. The number of ether oxygens (including phenoxy) is 1. The predicted octanol–water partition coefficient (Wildman–Crippen LogP) is 2.83. The smallest absolute Gasteiger partial charge is 0.137 e. The minimum absolute atomic E-state index is 0.706. The Morgan fingerprint density at radius 1 is 1.54 bits per heavy atom. The second-order valence-electron chi connectivity index (χ2n) is 2.61. The van der Waals surface area contributed by atoms with E-state index in [1.165, 1.54) is 0 Å². The Labute approximate surface area is 91.4 Å². The molecule has 0 radical (unpaired) electrons. The Morgan fingerprint density at radius 2 is 2.23 bits per heavy atom. The lowest BCUT2D eigenvalue weighted by atomic mass is 10.2. The maximum Gasteiger partial charge on any atom is 0.137 e. The minimum atomic E-state index is 0.706. The first-order valence-corrected chi connectivity index (χ1v) is 5.02. The molecule has 1 aromatic rings. The van der Waals surface area contributed by atoms with Crippen LogP contribution in [0, 0.1) is 0 Å². The zero-order valence-corrected chi connectivity index (χ0v) is 9.87. The molecular formula is C9H11BrClNO. The van der Waals surface area contributed by atoms with Gasteiger partial charge < -0.3 is 10.1 Å². The van der Waals surface area contributed by atoms with Crippen LogP contribution in [-0.2, 0) is 6.54 Å². The molecule has 0 aliphatic heterocycles. The van der Waals surface area contributed by atoms with E-state index in [1.54, 1.807) is 7.11 Å². The summed E-state index contributed by atoms with van der Waals surface area (Å²) in [5, 5.41) is 3.76. The van der Waals surface area contributed by atoms with Crippen LogP contribution < -0.4 is 10.1 Å². The van der Waals surface area contributed by atoms with Crippen LogP contribution in [0.2, 0.25) is 5.02 Å². The van der Waals surface area contributed by atoms with Crippen LogP contribution in [0.4, 0.5) is 0 Å². The summed E-state index contributed by atoms with van der Waals surface area (Å²) in [7, 11) is 3.53. The molecule has 0 unspecified atom stereocenters. The Hall–Kier alpha value is -0.250. The van der Waals surface area contributed by atoms with Gasteiger partial charge in [-0.3, -0.25) is 0 Å². The second-order valence-corrected chi connectivity index (χ2v) is 3.90. The van der Waals surface area contributed by atoms with Crippen LogP contribution in [0.15, 0.2) is 16.6 Å². The fraction of sp³-hybridized carbons (Fsp3) is 0.333. The van der Waals surface area contributed by atoms with E-state index in [1.807, 2.05) is 19.2 Å². The van der Waals surface area contributed by atoms with E-state index in [2.05, 4.69) is 21.2 Å². The number of halogens is 2. The summed E-state index contributed by atoms with van der Waals surface area (Å²) in [5.74, 6) is 0.832. The van der Waals surface area contributed by atoms with Gasteiger partial charge in [0.15, 0.2) is 0 Å². The Morgan fingerprint density at radius 3 is 2.77 bits per heavy atom. The molecule has 0 aliphatic rings. The van der Waals surface area contributed by atoms with E-state index >= 15 is 0 Å². The van der Waals surface area contributed by atoms with Crippen LogP contribution in [0.3, 0.4) is 0 Å². The normalized spacial score (nSPS) is 10.2. The number of hydrogen-bond acceptors (Lipinski definition) is 2. The third kappa shape index (κ3) is 2.59. The van der Waals surface area contributed by atoms with Gasteiger partial charge in [-0.2, -0.15) is 0 Å². The highest BCUT2D eigenvalue weighted by atomic mass is 79.9. The first-order valence-electron chi connectivity index (χ1n) is 3.85. The number of benzene rings is 1. The molecule has 2 nitrogen and oxygen atoms in total. The summed E-state index contributed by atoms with van der Waals surface area (Å²) in [6.45, 7) is 0.738. The topological polar surface area (TPSA) is 21.3 Å². The lowest BCUT2D eigenvalue weighted by molar-refractivity contribution is 0.406. The molecule has 0 saturated heterocycles. The lowest BCUT2D eigenvalue weighted by Crippen LogP contribution is -2.06. The largest absolute Gasteiger partial charge is 0.495 e. The molecular weight excluding hydrogens is 253 g/mol. The summed E-state index contributed by atoms with van der Waals surface area (Å²) >= 11 is 9.29. The second kappa shape index (κ2) is 4.84. The standard InChI is InChI=1S/C9H11BrClNO/c1-12-5-6-3-7(11)4-8(10)9(6)13-2/h3-4,12H,5H2,1-2H3. The summed E-state index contributed by atoms with van der Waals surface area (Å²) in [5.41, 5.74) is 1.05. The number of methoxy groups -OCH3 is 1. The minimum Gasteiger partial charge on any atom is -0.495 e. The van der Waals surface area contributed by atoms with Gasteiger partial charge in [-0.25, -0.2) is 0 Å². The van der Waals surface area contributed by atoms with Gasteiger partial charge in [0.05, 0.1) is 11.6 Å². The van der Waals surface area contributed by atoms with Gasteiger partial charge in [-0.05, 0) is 35.1 Å². The summed E-state index contributed by atoms with van der Waals surface area (Å²) in [4.78, 5) is 0. The molecule has 0 aromatic heterocycles. The molecule has 1 N–H and O–H groups in total. The molecule has 72 valence electrons. The molecule has 0 fully saturated rings. The van der Waals surface area contributed by atoms with Gasteiger partial charge in [0.1, 0.15) is 5.75 Å². The molecule has 0 amide bonds. The zero-order chi connectivity index (χ0) is 9.84. The highest BCUT2D eigenvalue weighted by Crippen LogP contribution is 2.32. The van der Waals surface area contributed by atoms with Gasteiger partial charge in [-0.15, -0.1) is 0 Å². The fourth-order valence-corrected chi connectivity index (χ4v) is 2.20. The van der Waals surface area contributed by atoms with E-state index in [0.717, 1.165) is 22.3 Å². The van der Waals surface area contributed by atoms with E-state index in [4.69, 9.17) is 16.3 Å². The maximum atomic E-state index is 5.90. The van der Waals surface area contributed by atoms with Crippen molar-refractivity contribution in [1.29, 1.82) is 0 Å². The monoisotopic (exact) mass is 263 g/mol.